The fraction of sp³-hybridized carbons (Fsp3) is 1.00. The minimum absolute atomic E-state index is 0.828. The molecule has 0 aliphatic heterocycles. The molecule has 2 atom stereocenters. The van der Waals surface area contributed by atoms with Crippen molar-refractivity contribution in [3.63, 3.8) is 0 Å². The molecule has 0 N–H and O–H groups in total. The summed E-state index contributed by atoms with van der Waals surface area (Å²) in [5.74, 6) is 4.12. The highest BCUT2D eigenvalue weighted by molar-refractivity contribution is 8.77. The molecule has 0 aromatic carbocycles. The largest absolute Gasteiger partial charge is 0.0942 e. The van der Waals surface area contributed by atoms with E-state index in [9.17, 15) is 0 Å². The SMILES string of the molecule is CCSS[C@@H](CC)C(C)C.CCSS[C@H](CC)C(C)C. The van der Waals surface area contributed by atoms with Crippen molar-refractivity contribution in [2.24, 2.45) is 11.8 Å². The van der Waals surface area contributed by atoms with E-state index in [2.05, 4.69) is 55.4 Å². The molecular formula is C16H36S4. The standard InChI is InChI=1S/2C8H18S2/c2*1-5-8(7(3)4)10-9-6-2/h2*7-8H,5-6H2,1-4H3/t2*8-/m10/s1. The van der Waals surface area contributed by atoms with E-state index in [1.807, 2.05) is 43.2 Å². The smallest absolute Gasteiger partial charge is 0.0171 e. The topological polar surface area (TPSA) is 0 Å². The molecule has 0 aliphatic carbocycles. The van der Waals surface area contributed by atoms with Gasteiger partial charge in [0, 0.05) is 22.0 Å². The van der Waals surface area contributed by atoms with Gasteiger partial charge in [0.15, 0.2) is 0 Å². The lowest BCUT2D eigenvalue weighted by molar-refractivity contribution is 0.596. The van der Waals surface area contributed by atoms with Crippen LogP contribution in [0, 0.1) is 11.8 Å². The summed E-state index contributed by atoms with van der Waals surface area (Å²) >= 11 is 0. The average Bonchev–Trinajstić information content (AvgIpc) is 2.40. The summed E-state index contributed by atoms with van der Waals surface area (Å²) in [6.07, 6.45) is 2.60. The van der Waals surface area contributed by atoms with Gasteiger partial charge < -0.3 is 0 Å². The molecule has 0 radical (unpaired) electrons. The summed E-state index contributed by atoms with van der Waals surface area (Å²) in [7, 11) is 8.06. The zero-order valence-corrected chi connectivity index (χ0v) is 18.0. The van der Waals surface area contributed by atoms with E-state index >= 15 is 0 Å². The summed E-state index contributed by atoms with van der Waals surface area (Å²) in [5, 5.41) is 1.70. The van der Waals surface area contributed by atoms with Crippen molar-refractivity contribution in [1.82, 2.24) is 0 Å². The van der Waals surface area contributed by atoms with Crippen molar-refractivity contribution in [3.8, 4) is 0 Å². The minimum atomic E-state index is 0.828. The van der Waals surface area contributed by atoms with Gasteiger partial charge in [-0.3, -0.25) is 0 Å². The van der Waals surface area contributed by atoms with Gasteiger partial charge in [-0.15, -0.1) is 0 Å². The lowest BCUT2D eigenvalue weighted by Crippen LogP contribution is -2.07. The fourth-order valence-electron chi connectivity index (χ4n) is 1.61. The van der Waals surface area contributed by atoms with Gasteiger partial charge in [0.1, 0.15) is 0 Å². The van der Waals surface area contributed by atoms with Gasteiger partial charge in [0.05, 0.1) is 0 Å². The summed E-state index contributed by atoms with van der Waals surface area (Å²) < 4.78 is 0. The molecule has 0 aromatic rings. The monoisotopic (exact) mass is 356 g/mol. The van der Waals surface area contributed by atoms with Crippen molar-refractivity contribution in [2.75, 3.05) is 11.5 Å². The third-order valence-electron chi connectivity index (χ3n) is 2.91. The molecule has 0 saturated heterocycles. The molecule has 0 spiro atoms. The maximum Gasteiger partial charge on any atom is 0.0171 e. The van der Waals surface area contributed by atoms with Crippen LogP contribution in [0.1, 0.15) is 68.2 Å². The second kappa shape index (κ2) is 16.8. The van der Waals surface area contributed by atoms with E-state index in [-0.39, 0.29) is 0 Å². The van der Waals surface area contributed by atoms with Gasteiger partial charge in [0.2, 0.25) is 0 Å². The minimum Gasteiger partial charge on any atom is -0.0942 e. The van der Waals surface area contributed by atoms with Gasteiger partial charge >= 0.3 is 0 Å². The van der Waals surface area contributed by atoms with Gasteiger partial charge in [0.25, 0.3) is 0 Å². The number of rotatable bonds is 10. The van der Waals surface area contributed by atoms with E-state index in [0.717, 1.165) is 22.3 Å². The molecule has 0 amide bonds. The molecule has 0 unspecified atom stereocenters. The molecule has 0 heterocycles. The van der Waals surface area contributed by atoms with Crippen LogP contribution in [0.4, 0.5) is 0 Å². The highest BCUT2D eigenvalue weighted by atomic mass is 33.1. The Kier molecular flexibility index (Phi) is 19.8. The van der Waals surface area contributed by atoms with Crippen LogP contribution in [0.25, 0.3) is 0 Å². The van der Waals surface area contributed by atoms with Crippen LogP contribution >= 0.6 is 43.2 Å². The third kappa shape index (κ3) is 14.3. The first-order valence-electron chi connectivity index (χ1n) is 8.00. The Balaban J connectivity index is 0. The Morgan fingerprint density at radius 2 is 0.900 bits per heavy atom. The Morgan fingerprint density at radius 1 is 0.600 bits per heavy atom. The zero-order valence-electron chi connectivity index (χ0n) is 14.8. The zero-order chi connectivity index (χ0) is 16.0. The molecule has 0 aromatic heterocycles. The summed E-state index contributed by atoms with van der Waals surface area (Å²) in [6, 6.07) is 0. The van der Waals surface area contributed by atoms with Crippen molar-refractivity contribution in [3.05, 3.63) is 0 Å². The molecule has 0 saturated carbocycles. The van der Waals surface area contributed by atoms with Crippen molar-refractivity contribution >= 4 is 43.2 Å². The lowest BCUT2D eigenvalue weighted by atomic mass is 10.1. The highest BCUT2D eigenvalue weighted by Gasteiger charge is 2.11. The van der Waals surface area contributed by atoms with Crippen molar-refractivity contribution < 1.29 is 0 Å². The first-order chi connectivity index (χ1) is 9.44. The molecule has 4 heteroatoms. The van der Waals surface area contributed by atoms with Gasteiger partial charge in [-0.25, -0.2) is 0 Å². The molecule has 0 rings (SSSR count). The van der Waals surface area contributed by atoms with E-state index in [0.29, 0.717) is 0 Å². The van der Waals surface area contributed by atoms with Crippen LogP contribution in [0.5, 0.6) is 0 Å². The molecule has 0 aliphatic rings. The molecule has 0 bridgehead atoms. The van der Waals surface area contributed by atoms with Crippen LogP contribution in [0.2, 0.25) is 0 Å². The van der Waals surface area contributed by atoms with E-state index in [1.54, 1.807) is 0 Å². The lowest BCUT2D eigenvalue weighted by Gasteiger charge is -2.16. The van der Waals surface area contributed by atoms with E-state index < -0.39 is 0 Å². The second-order valence-corrected chi connectivity index (χ2v) is 11.2. The van der Waals surface area contributed by atoms with Gasteiger partial charge in [-0.1, -0.05) is 98.6 Å². The highest BCUT2D eigenvalue weighted by Crippen LogP contribution is 2.33. The van der Waals surface area contributed by atoms with Crippen LogP contribution in [0.3, 0.4) is 0 Å². The predicted molar refractivity (Wildman–Crippen MR) is 109 cm³/mol. The first-order valence-corrected chi connectivity index (χ1v) is 12.8. The Labute approximate surface area is 145 Å². The molecule has 20 heavy (non-hydrogen) atoms. The van der Waals surface area contributed by atoms with Crippen LogP contribution in [0.15, 0.2) is 0 Å². The summed E-state index contributed by atoms with van der Waals surface area (Å²) in [4.78, 5) is 0. The Morgan fingerprint density at radius 3 is 1.05 bits per heavy atom. The van der Waals surface area contributed by atoms with Gasteiger partial charge in [-0.05, 0) is 24.7 Å². The predicted octanol–water partition coefficient (Wildman–Crippen LogP) is 7.64. The second-order valence-electron chi connectivity index (χ2n) is 5.39. The average molecular weight is 357 g/mol. The third-order valence-corrected chi connectivity index (χ3v) is 9.62. The number of hydrogen-bond donors (Lipinski definition) is 0. The fourth-order valence-corrected chi connectivity index (χ4v) is 6.97. The molecule has 0 nitrogen and oxygen atoms in total. The maximum atomic E-state index is 2.30. The quantitative estimate of drug-likeness (QED) is 0.368. The molecular weight excluding hydrogens is 320 g/mol. The molecule has 0 fully saturated rings. The maximum absolute atomic E-state index is 2.30. The normalized spacial score (nSPS) is 14.1. The van der Waals surface area contributed by atoms with Crippen LogP contribution in [-0.2, 0) is 0 Å². The molecule has 124 valence electrons. The van der Waals surface area contributed by atoms with Gasteiger partial charge in [-0.2, -0.15) is 0 Å². The van der Waals surface area contributed by atoms with Crippen LogP contribution in [-0.4, -0.2) is 22.0 Å². The Hall–Kier alpha value is 1.40. The van der Waals surface area contributed by atoms with E-state index in [1.165, 1.54) is 24.3 Å². The summed E-state index contributed by atoms with van der Waals surface area (Å²) in [6.45, 7) is 18.2. The first kappa shape index (κ1) is 23.7. The summed E-state index contributed by atoms with van der Waals surface area (Å²) in [5.41, 5.74) is 0. The Bertz CT molecular complexity index is 163. The number of hydrogen-bond acceptors (Lipinski definition) is 4. The van der Waals surface area contributed by atoms with Crippen molar-refractivity contribution in [2.45, 2.75) is 78.7 Å². The van der Waals surface area contributed by atoms with E-state index in [4.69, 9.17) is 0 Å². The van der Waals surface area contributed by atoms with Crippen LogP contribution < -0.4 is 0 Å². The van der Waals surface area contributed by atoms with Crippen molar-refractivity contribution in [1.29, 1.82) is 0 Å².